The average Bonchev–Trinajstić information content (AvgIpc) is 2.90. The van der Waals surface area contributed by atoms with Crippen LogP contribution in [0.1, 0.15) is 131 Å². The van der Waals surface area contributed by atoms with Crippen LogP contribution in [0.2, 0.25) is 12.1 Å². The quantitative estimate of drug-likeness (QED) is 0.0346. The van der Waals surface area contributed by atoms with Crippen molar-refractivity contribution in [2.24, 2.45) is 0 Å². The van der Waals surface area contributed by atoms with Crippen molar-refractivity contribution in [2.75, 3.05) is 26.4 Å². The van der Waals surface area contributed by atoms with Crippen LogP contribution in [-0.2, 0) is 18.9 Å². The zero-order chi connectivity index (χ0) is 27.5. The first-order valence-electron chi connectivity index (χ1n) is 15.7. The molecule has 0 saturated heterocycles. The van der Waals surface area contributed by atoms with Crippen LogP contribution in [0.5, 0.6) is 0 Å². The molecule has 0 atom stereocenters. The molecule has 224 valence electrons. The molecule has 0 amide bonds. The van der Waals surface area contributed by atoms with Gasteiger partial charge in [0.15, 0.2) is 0 Å². The predicted molar refractivity (Wildman–Crippen MR) is 177 cm³/mol. The molecule has 0 aliphatic rings. The third-order valence-corrected chi connectivity index (χ3v) is 17.6. The Morgan fingerprint density at radius 2 is 0.730 bits per heavy atom. The lowest BCUT2D eigenvalue weighted by Gasteiger charge is -2.36. The Morgan fingerprint density at radius 3 is 1.00 bits per heavy atom. The molecule has 0 unspecified atom stereocenters. The van der Waals surface area contributed by atoms with E-state index < -0.39 is 28.5 Å². The Labute approximate surface area is 247 Å². The van der Waals surface area contributed by atoms with Crippen molar-refractivity contribution in [3.8, 4) is 0 Å². The molecule has 0 aromatic carbocycles. The van der Waals surface area contributed by atoms with E-state index in [-0.39, 0.29) is 0 Å². The number of unbranched alkanes of at least 4 members (excludes halogenated alkanes) is 8. The summed E-state index contributed by atoms with van der Waals surface area (Å²) in [6, 6.07) is 2.56. The van der Waals surface area contributed by atoms with Crippen LogP contribution in [0.15, 0.2) is 0 Å². The Hall–Kier alpha value is 1.32. The second-order valence-electron chi connectivity index (χ2n) is 10.0. The van der Waals surface area contributed by atoms with Crippen LogP contribution in [-0.4, -0.2) is 55.0 Å². The molecule has 0 aromatic heterocycles. The van der Waals surface area contributed by atoms with Crippen molar-refractivity contribution in [1.82, 2.24) is 0 Å². The SMILES string of the molecule is CCCCC[SiH2]C(OCCCC)(OCCCC)SSSC(OCCCC)(OCCCC)[SiH2]CCCCC. The molecule has 0 aromatic rings. The van der Waals surface area contributed by atoms with Crippen LogP contribution in [0.4, 0.5) is 0 Å². The monoisotopic (exact) mass is 614 g/mol. The van der Waals surface area contributed by atoms with Gasteiger partial charge in [0, 0.05) is 0 Å². The Bertz CT molecular complexity index is 419. The van der Waals surface area contributed by atoms with Crippen molar-refractivity contribution in [1.29, 1.82) is 0 Å². The minimum Gasteiger partial charge on any atom is -0.345 e. The average molecular weight is 615 g/mol. The molecule has 0 radical (unpaired) electrons. The molecule has 0 aliphatic heterocycles. The molecule has 0 N–H and O–H groups in total. The Morgan fingerprint density at radius 1 is 0.432 bits per heavy atom. The molecule has 0 fully saturated rings. The van der Waals surface area contributed by atoms with Crippen LogP contribution in [0.25, 0.3) is 0 Å². The van der Waals surface area contributed by atoms with E-state index >= 15 is 0 Å². The second-order valence-corrected chi connectivity index (χ2v) is 19.7. The molecule has 0 bridgehead atoms. The van der Waals surface area contributed by atoms with Crippen molar-refractivity contribution < 1.29 is 18.9 Å². The lowest BCUT2D eigenvalue weighted by molar-refractivity contribution is -0.118. The van der Waals surface area contributed by atoms with Crippen LogP contribution >= 0.6 is 31.4 Å². The topological polar surface area (TPSA) is 36.9 Å². The van der Waals surface area contributed by atoms with E-state index in [1.165, 1.54) is 50.6 Å². The molecule has 0 saturated carbocycles. The lowest BCUT2D eigenvalue weighted by atomic mass is 10.3. The van der Waals surface area contributed by atoms with Gasteiger partial charge in [0.25, 0.3) is 0 Å². The Kier molecular flexibility index (Phi) is 28.5. The predicted octanol–water partition coefficient (Wildman–Crippen LogP) is 9.06. The lowest BCUT2D eigenvalue weighted by Crippen LogP contribution is -2.40. The molecule has 0 aliphatic carbocycles. The number of rotatable bonds is 30. The van der Waals surface area contributed by atoms with Crippen molar-refractivity contribution in [3.05, 3.63) is 0 Å². The highest BCUT2D eigenvalue weighted by Gasteiger charge is 2.38. The number of hydrogen-bond acceptors (Lipinski definition) is 7. The number of hydrogen-bond donors (Lipinski definition) is 0. The zero-order valence-corrected chi connectivity index (χ0v) is 30.7. The summed E-state index contributed by atoms with van der Waals surface area (Å²) in [5.41, 5.74) is 0. The van der Waals surface area contributed by atoms with Gasteiger partial charge in [0.2, 0.25) is 9.48 Å². The van der Waals surface area contributed by atoms with Gasteiger partial charge >= 0.3 is 0 Å². The van der Waals surface area contributed by atoms with Gasteiger partial charge in [-0.05, 0) is 57.1 Å². The molecule has 37 heavy (non-hydrogen) atoms. The summed E-state index contributed by atoms with van der Waals surface area (Å²) in [6.07, 6.45) is 16.7. The maximum atomic E-state index is 6.62. The normalized spacial score (nSPS) is 13.1. The van der Waals surface area contributed by atoms with Gasteiger partial charge in [-0.15, -0.1) is 0 Å². The van der Waals surface area contributed by atoms with E-state index in [9.17, 15) is 0 Å². The van der Waals surface area contributed by atoms with Gasteiger partial charge in [0.1, 0.15) is 19.0 Å². The fourth-order valence-electron chi connectivity index (χ4n) is 3.70. The molecule has 0 heterocycles. The van der Waals surface area contributed by atoms with E-state index in [0.717, 1.165) is 77.8 Å². The summed E-state index contributed by atoms with van der Waals surface area (Å²) in [5, 5.41) is 0. The van der Waals surface area contributed by atoms with Crippen molar-refractivity contribution >= 4 is 50.5 Å². The highest BCUT2D eigenvalue weighted by molar-refractivity contribution is 9.10. The van der Waals surface area contributed by atoms with E-state index in [0.29, 0.717) is 0 Å². The van der Waals surface area contributed by atoms with Gasteiger partial charge in [-0.2, -0.15) is 0 Å². The summed E-state index contributed by atoms with van der Waals surface area (Å²) in [7, 11) is 4.36. The van der Waals surface area contributed by atoms with E-state index in [4.69, 9.17) is 18.9 Å². The first kappa shape index (κ1) is 38.3. The maximum absolute atomic E-state index is 6.62. The first-order valence-corrected chi connectivity index (χ1v) is 22.6. The van der Waals surface area contributed by atoms with Crippen LogP contribution in [0.3, 0.4) is 0 Å². The van der Waals surface area contributed by atoms with E-state index in [1.54, 1.807) is 0 Å². The summed E-state index contributed by atoms with van der Waals surface area (Å²) in [4.78, 5) is 0. The summed E-state index contributed by atoms with van der Waals surface area (Å²) >= 11 is 0. The molecule has 4 nitrogen and oxygen atoms in total. The minimum absolute atomic E-state index is 0.446. The smallest absolute Gasteiger partial charge is 0.200 e. The third-order valence-electron chi connectivity index (χ3n) is 6.27. The van der Waals surface area contributed by atoms with E-state index in [2.05, 4.69) is 41.5 Å². The van der Waals surface area contributed by atoms with Crippen molar-refractivity contribution in [2.45, 2.75) is 153 Å². The first-order chi connectivity index (χ1) is 18.1. The standard InChI is InChI=1S/C28H62O4S3Si2/c1-7-13-19-25-36-27(29-21-15-9-3,30-22-16-10-4)33-35-34-28(31-23-17-11-5,32-24-18-12-6)37-26-20-14-8-2/h7-26,36-37H2,1-6H3. The third kappa shape index (κ3) is 20.8. The summed E-state index contributed by atoms with van der Waals surface area (Å²) in [5.74, 6) is 0. The van der Waals surface area contributed by atoms with Gasteiger partial charge in [0.05, 0.1) is 26.4 Å². The highest BCUT2D eigenvalue weighted by Crippen LogP contribution is 2.51. The van der Waals surface area contributed by atoms with Crippen molar-refractivity contribution in [3.63, 3.8) is 0 Å². The van der Waals surface area contributed by atoms with Gasteiger partial charge < -0.3 is 18.9 Å². The van der Waals surface area contributed by atoms with Crippen LogP contribution in [0, 0.1) is 0 Å². The fraction of sp³-hybridized carbons (Fsp3) is 1.00. The van der Waals surface area contributed by atoms with Gasteiger partial charge in [-0.1, -0.05) is 118 Å². The maximum Gasteiger partial charge on any atom is 0.200 e. The van der Waals surface area contributed by atoms with Crippen LogP contribution < -0.4 is 0 Å². The zero-order valence-electron chi connectivity index (χ0n) is 25.4. The van der Waals surface area contributed by atoms with E-state index in [1.807, 2.05) is 31.4 Å². The Balaban J connectivity index is 5.55. The molecular formula is C28H62O4S3Si2. The second kappa shape index (κ2) is 27.5. The number of ether oxygens (including phenoxy) is 4. The molecular weight excluding hydrogens is 553 g/mol. The minimum atomic E-state index is -0.570. The van der Waals surface area contributed by atoms with Gasteiger partial charge in [-0.3, -0.25) is 0 Å². The molecule has 9 heteroatoms. The summed E-state index contributed by atoms with van der Waals surface area (Å²) in [6.45, 7) is 16.7. The fourth-order valence-corrected chi connectivity index (χ4v) is 16.8. The van der Waals surface area contributed by atoms with Gasteiger partial charge in [-0.25, -0.2) is 0 Å². The summed E-state index contributed by atoms with van der Waals surface area (Å²) < 4.78 is 25.6. The molecule has 0 rings (SSSR count). The largest absolute Gasteiger partial charge is 0.345 e. The highest BCUT2D eigenvalue weighted by atomic mass is 33.5. The molecule has 0 spiro atoms.